The topological polar surface area (TPSA) is 55.1 Å². The van der Waals surface area contributed by atoms with Crippen molar-refractivity contribution < 1.29 is 9.21 Å². The molecule has 0 spiro atoms. The molecule has 3 rings (SSSR count). The van der Waals surface area contributed by atoms with Gasteiger partial charge >= 0.3 is 0 Å². The van der Waals surface area contributed by atoms with Gasteiger partial charge in [0.1, 0.15) is 5.52 Å². The zero-order chi connectivity index (χ0) is 17.1. The lowest BCUT2D eigenvalue weighted by atomic mass is 10.2. The molecule has 0 unspecified atom stereocenters. The van der Waals surface area contributed by atoms with Crippen LogP contribution in [-0.4, -0.2) is 10.9 Å². The van der Waals surface area contributed by atoms with Crippen LogP contribution >= 0.6 is 34.2 Å². The van der Waals surface area contributed by atoms with Gasteiger partial charge in [0.05, 0.1) is 10.6 Å². The minimum Gasteiger partial charge on any atom is -0.436 e. The van der Waals surface area contributed by atoms with E-state index in [4.69, 9.17) is 16.0 Å². The number of unbranched alkanes of at least 4 members (excludes halogenated alkanes) is 1. The molecule has 3 aromatic rings. The summed E-state index contributed by atoms with van der Waals surface area (Å²) in [5.41, 5.74) is 2.82. The number of anilines is 1. The molecule has 1 heterocycles. The van der Waals surface area contributed by atoms with E-state index in [9.17, 15) is 4.79 Å². The molecule has 24 heavy (non-hydrogen) atoms. The van der Waals surface area contributed by atoms with Crippen LogP contribution in [0.1, 0.15) is 26.2 Å². The van der Waals surface area contributed by atoms with Crippen LogP contribution in [0.25, 0.3) is 22.6 Å². The Balaban J connectivity index is 1.89. The van der Waals surface area contributed by atoms with E-state index in [1.54, 1.807) is 0 Å². The first kappa shape index (κ1) is 17.2. The van der Waals surface area contributed by atoms with Gasteiger partial charge in [0.2, 0.25) is 11.8 Å². The highest BCUT2D eigenvalue weighted by Crippen LogP contribution is 2.32. The third kappa shape index (κ3) is 3.89. The maximum atomic E-state index is 11.8. The monoisotopic (exact) mass is 454 g/mol. The summed E-state index contributed by atoms with van der Waals surface area (Å²) in [6.45, 7) is 2.06. The van der Waals surface area contributed by atoms with Crippen LogP contribution < -0.4 is 5.32 Å². The van der Waals surface area contributed by atoms with Gasteiger partial charge in [0.25, 0.3) is 0 Å². The Bertz CT molecular complexity index is 892. The number of halogens is 2. The van der Waals surface area contributed by atoms with Crippen LogP contribution in [0.5, 0.6) is 0 Å². The van der Waals surface area contributed by atoms with Crippen molar-refractivity contribution >= 4 is 56.9 Å². The fourth-order valence-electron chi connectivity index (χ4n) is 2.34. The summed E-state index contributed by atoms with van der Waals surface area (Å²) in [6.07, 6.45) is 2.40. The lowest BCUT2D eigenvalue weighted by Gasteiger charge is -2.03. The second-order valence-corrected chi connectivity index (χ2v) is 7.13. The van der Waals surface area contributed by atoms with Gasteiger partial charge < -0.3 is 9.73 Å². The smallest absolute Gasteiger partial charge is 0.228 e. The van der Waals surface area contributed by atoms with E-state index in [0.717, 1.165) is 27.7 Å². The van der Waals surface area contributed by atoms with E-state index < -0.39 is 0 Å². The van der Waals surface area contributed by atoms with Crippen molar-refractivity contribution in [1.29, 1.82) is 0 Å². The lowest BCUT2D eigenvalue weighted by molar-refractivity contribution is -0.116. The van der Waals surface area contributed by atoms with E-state index >= 15 is 0 Å². The molecule has 1 amide bonds. The number of carbonyl (C=O) groups excluding carboxylic acids is 1. The molecule has 1 aromatic heterocycles. The Morgan fingerprint density at radius 3 is 2.92 bits per heavy atom. The minimum absolute atomic E-state index is 0.0144. The van der Waals surface area contributed by atoms with Crippen LogP contribution in [0, 0.1) is 3.57 Å². The van der Waals surface area contributed by atoms with E-state index in [2.05, 4.69) is 39.8 Å². The highest BCUT2D eigenvalue weighted by atomic mass is 127. The van der Waals surface area contributed by atoms with E-state index in [1.165, 1.54) is 0 Å². The zero-order valence-electron chi connectivity index (χ0n) is 13.1. The average molecular weight is 455 g/mol. The van der Waals surface area contributed by atoms with Gasteiger partial charge in [-0.15, -0.1) is 0 Å². The predicted octanol–water partition coefficient (Wildman–Crippen LogP) is 5.88. The number of hydrogen-bond donors (Lipinski definition) is 1. The van der Waals surface area contributed by atoms with Crippen molar-refractivity contribution in [3.8, 4) is 11.5 Å². The van der Waals surface area contributed by atoms with Crippen LogP contribution in [0.4, 0.5) is 5.69 Å². The Morgan fingerprint density at radius 1 is 1.29 bits per heavy atom. The lowest BCUT2D eigenvalue weighted by Crippen LogP contribution is -2.10. The molecular formula is C18H16ClIN2O2. The molecule has 124 valence electrons. The number of oxazole rings is 1. The molecule has 2 aromatic carbocycles. The van der Waals surface area contributed by atoms with Gasteiger partial charge in [-0.2, -0.15) is 0 Å². The summed E-state index contributed by atoms with van der Waals surface area (Å²) in [5, 5.41) is 3.48. The summed E-state index contributed by atoms with van der Waals surface area (Å²) in [7, 11) is 0. The number of amides is 1. The number of carbonyl (C=O) groups is 1. The molecule has 0 aliphatic carbocycles. The second-order valence-electron chi connectivity index (χ2n) is 5.48. The zero-order valence-corrected chi connectivity index (χ0v) is 16.0. The second kappa shape index (κ2) is 7.53. The summed E-state index contributed by atoms with van der Waals surface area (Å²) in [6, 6.07) is 11.1. The standard InChI is InChI=1S/C18H16ClIN2O2/c1-2-3-4-17(23)21-12-6-8-16-15(10-12)22-18(24-16)13-9-11(20)5-7-14(13)19/h5-10H,2-4H2,1H3,(H,21,23). The molecule has 4 nitrogen and oxygen atoms in total. The molecule has 0 saturated carbocycles. The fraction of sp³-hybridized carbons (Fsp3) is 0.222. The molecule has 6 heteroatoms. The molecule has 0 aliphatic heterocycles. The SMILES string of the molecule is CCCCC(=O)Nc1ccc2oc(-c3cc(I)ccc3Cl)nc2c1. The van der Waals surface area contributed by atoms with Crippen molar-refractivity contribution in [1.82, 2.24) is 4.98 Å². The minimum atomic E-state index is 0.0144. The number of nitrogens with zero attached hydrogens (tertiary/aromatic N) is 1. The largest absolute Gasteiger partial charge is 0.436 e. The van der Waals surface area contributed by atoms with Gasteiger partial charge in [-0.3, -0.25) is 4.79 Å². The summed E-state index contributed by atoms with van der Waals surface area (Å²) >= 11 is 8.47. The number of aromatic nitrogens is 1. The van der Waals surface area contributed by atoms with E-state index in [-0.39, 0.29) is 5.91 Å². The molecule has 0 bridgehead atoms. The van der Waals surface area contributed by atoms with Gasteiger partial charge in [-0.1, -0.05) is 24.9 Å². The molecule has 1 N–H and O–H groups in total. The van der Waals surface area contributed by atoms with Gasteiger partial charge in [0.15, 0.2) is 5.58 Å². The summed E-state index contributed by atoms with van der Waals surface area (Å²) < 4.78 is 6.86. The first-order chi connectivity index (χ1) is 11.6. The van der Waals surface area contributed by atoms with E-state index in [0.29, 0.717) is 28.4 Å². The Kier molecular flexibility index (Phi) is 5.40. The van der Waals surface area contributed by atoms with Crippen LogP contribution in [0.15, 0.2) is 40.8 Å². The first-order valence-corrected chi connectivity index (χ1v) is 9.18. The number of nitrogens with one attached hydrogen (secondary N) is 1. The maximum absolute atomic E-state index is 11.8. The van der Waals surface area contributed by atoms with Crippen LogP contribution in [-0.2, 0) is 4.79 Å². The van der Waals surface area contributed by atoms with Crippen molar-refractivity contribution in [3.63, 3.8) is 0 Å². The fourth-order valence-corrected chi connectivity index (χ4v) is 3.03. The van der Waals surface area contributed by atoms with Crippen molar-refractivity contribution in [2.24, 2.45) is 0 Å². The average Bonchev–Trinajstić information content (AvgIpc) is 2.98. The van der Waals surface area contributed by atoms with Crippen LogP contribution in [0.3, 0.4) is 0 Å². The third-order valence-corrected chi connectivity index (χ3v) is 4.59. The van der Waals surface area contributed by atoms with Crippen molar-refractivity contribution in [2.75, 3.05) is 5.32 Å². The summed E-state index contributed by atoms with van der Waals surface area (Å²) in [4.78, 5) is 16.4. The maximum Gasteiger partial charge on any atom is 0.228 e. The molecule has 0 aliphatic rings. The summed E-state index contributed by atoms with van der Waals surface area (Å²) in [5.74, 6) is 0.489. The number of rotatable bonds is 5. The first-order valence-electron chi connectivity index (χ1n) is 7.72. The third-order valence-electron chi connectivity index (χ3n) is 3.59. The van der Waals surface area contributed by atoms with Crippen LogP contribution in [0.2, 0.25) is 5.02 Å². The number of hydrogen-bond acceptors (Lipinski definition) is 3. The van der Waals surface area contributed by atoms with E-state index in [1.807, 2.05) is 36.4 Å². The Morgan fingerprint density at radius 2 is 2.12 bits per heavy atom. The normalized spacial score (nSPS) is 11.0. The van der Waals surface area contributed by atoms with Gasteiger partial charge in [-0.25, -0.2) is 4.98 Å². The van der Waals surface area contributed by atoms with Gasteiger partial charge in [0, 0.05) is 15.7 Å². The predicted molar refractivity (Wildman–Crippen MR) is 105 cm³/mol. The molecule has 0 atom stereocenters. The number of fused-ring (bicyclic) bond motifs is 1. The Labute approximate surface area is 158 Å². The quantitative estimate of drug-likeness (QED) is 0.490. The molecular weight excluding hydrogens is 439 g/mol. The number of benzene rings is 2. The van der Waals surface area contributed by atoms with Crippen molar-refractivity contribution in [2.45, 2.75) is 26.2 Å². The van der Waals surface area contributed by atoms with Gasteiger partial charge in [-0.05, 0) is 65.4 Å². The highest BCUT2D eigenvalue weighted by molar-refractivity contribution is 14.1. The van der Waals surface area contributed by atoms with Crippen molar-refractivity contribution in [3.05, 3.63) is 45.0 Å². The Hall–Kier alpha value is -1.60. The molecule has 0 saturated heterocycles. The molecule has 0 radical (unpaired) electrons. The highest BCUT2D eigenvalue weighted by Gasteiger charge is 2.13. The molecule has 0 fully saturated rings.